The second kappa shape index (κ2) is 13.3. The smallest absolute Gasteiger partial charge is 0.744 e. The SMILES string of the molecule is Cc1c(Nc2cc(S(=O)(=O)[O-])c(N)c3c2C(=O)c2ccccc2C3=O)cc(S(=O)(=O)[O-])cc1Nc1nc(F)nc(F)c1Cl.[Na+].[Na+]. The number of nitrogens with one attached hydrogen (secondary N) is 2. The molecule has 0 saturated heterocycles. The van der Waals surface area contributed by atoms with Crippen molar-refractivity contribution >= 4 is 72.0 Å². The van der Waals surface area contributed by atoms with Gasteiger partial charge in [-0.05, 0) is 30.7 Å². The Hall–Kier alpha value is -2.55. The van der Waals surface area contributed by atoms with Crippen LogP contribution in [0.1, 0.15) is 37.4 Å². The number of aromatic nitrogens is 2. The maximum Gasteiger partial charge on any atom is 1.00 e. The van der Waals surface area contributed by atoms with E-state index < -0.39 is 87.0 Å². The van der Waals surface area contributed by atoms with E-state index in [1.807, 2.05) is 0 Å². The average Bonchev–Trinajstić information content (AvgIpc) is 2.91. The predicted molar refractivity (Wildman–Crippen MR) is 145 cm³/mol. The largest absolute Gasteiger partial charge is 1.00 e. The molecule has 1 heterocycles. The van der Waals surface area contributed by atoms with Gasteiger partial charge in [0.25, 0.3) is 0 Å². The Morgan fingerprint density at radius 3 is 1.89 bits per heavy atom. The number of benzene rings is 3. The van der Waals surface area contributed by atoms with Gasteiger partial charge < -0.3 is 25.5 Å². The van der Waals surface area contributed by atoms with Crippen molar-refractivity contribution < 1.29 is 103 Å². The molecule has 0 radical (unpaired) electrons. The van der Waals surface area contributed by atoms with Crippen LogP contribution in [-0.2, 0) is 20.2 Å². The number of ketones is 2. The van der Waals surface area contributed by atoms with Crippen molar-refractivity contribution in [2.45, 2.75) is 16.7 Å². The molecule has 0 aliphatic heterocycles. The molecule has 4 aromatic rings. The van der Waals surface area contributed by atoms with E-state index in [0.717, 1.165) is 12.1 Å². The van der Waals surface area contributed by atoms with Crippen molar-refractivity contribution in [2.75, 3.05) is 16.4 Å². The third-order valence-corrected chi connectivity index (χ3v) is 8.47. The number of anilines is 5. The van der Waals surface area contributed by atoms with Crippen LogP contribution < -0.4 is 75.5 Å². The number of carbonyl (C=O) groups excluding carboxylic acids is 2. The molecule has 0 fully saturated rings. The fraction of sp³-hybridized carbons (Fsp3) is 0.0400. The summed E-state index contributed by atoms with van der Waals surface area (Å²) in [5.41, 5.74) is 2.91. The van der Waals surface area contributed by atoms with Crippen molar-refractivity contribution in [1.82, 2.24) is 9.97 Å². The topological polar surface area (TPSA) is 224 Å². The molecule has 0 spiro atoms. The standard InChI is InChI=1S/C25H16ClF2N5O8S2.2Na/c1-9-13(6-10(42(36,37)38)7-14(9)31-24-19(26)23(27)32-25(28)33-24)30-15-8-16(43(39,40)41)20(29)18-17(15)21(34)11-4-2-3-5-12(11)22(18)35;;/h2-8,30H,29H2,1H3,(H,31,32,33)(H,36,37,38)(H,39,40,41);;/q;2*+1/p-2. The maximum absolute atomic E-state index is 13.9. The van der Waals surface area contributed by atoms with Crippen molar-refractivity contribution in [1.29, 1.82) is 0 Å². The van der Waals surface area contributed by atoms with E-state index >= 15 is 0 Å². The predicted octanol–water partition coefficient (Wildman–Crippen LogP) is -2.62. The normalized spacial score (nSPS) is 12.4. The maximum atomic E-state index is 13.9. The molecule has 0 bridgehead atoms. The van der Waals surface area contributed by atoms with Gasteiger partial charge >= 0.3 is 65.2 Å². The van der Waals surface area contributed by atoms with E-state index in [9.17, 15) is 44.3 Å². The van der Waals surface area contributed by atoms with Crippen LogP contribution in [0.15, 0.2) is 52.3 Å². The molecular formula is C25H14ClF2N5Na2O8S2. The van der Waals surface area contributed by atoms with Crippen LogP contribution in [0.25, 0.3) is 0 Å². The van der Waals surface area contributed by atoms with E-state index in [1.54, 1.807) is 0 Å². The zero-order valence-electron chi connectivity index (χ0n) is 23.2. The van der Waals surface area contributed by atoms with Gasteiger partial charge in [0.1, 0.15) is 25.3 Å². The molecule has 20 heteroatoms. The van der Waals surface area contributed by atoms with E-state index in [4.69, 9.17) is 17.3 Å². The monoisotopic (exact) mass is 695 g/mol. The van der Waals surface area contributed by atoms with Crippen LogP contribution in [0.3, 0.4) is 0 Å². The van der Waals surface area contributed by atoms with Gasteiger partial charge in [-0.2, -0.15) is 18.7 Å². The summed E-state index contributed by atoms with van der Waals surface area (Å²) in [5.74, 6) is -3.77. The number of fused-ring (bicyclic) bond motifs is 2. The second-order valence-corrected chi connectivity index (χ2v) is 12.1. The number of nitrogen functional groups attached to an aromatic ring is 1. The first kappa shape index (κ1) is 36.9. The van der Waals surface area contributed by atoms with Crippen molar-refractivity contribution in [3.63, 3.8) is 0 Å². The number of hydrogen-bond acceptors (Lipinski definition) is 13. The summed E-state index contributed by atoms with van der Waals surface area (Å²) >= 11 is 5.80. The zero-order chi connectivity index (χ0) is 31.6. The van der Waals surface area contributed by atoms with Gasteiger partial charge in [-0.25, -0.2) is 16.8 Å². The van der Waals surface area contributed by atoms with Crippen LogP contribution in [0.2, 0.25) is 5.02 Å². The van der Waals surface area contributed by atoms with E-state index in [1.165, 1.54) is 31.2 Å². The third kappa shape index (κ3) is 6.93. The first-order chi connectivity index (χ1) is 20.0. The molecule has 0 amide bonds. The average molecular weight is 696 g/mol. The number of hydrogen-bond donors (Lipinski definition) is 3. The first-order valence-corrected chi connectivity index (χ1v) is 14.8. The summed E-state index contributed by atoms with van der Waals surface area (Å²) in [4.78, 5) is 31.1. The minimum absolute atomic E-state index is 0. The molecular weight excluding hydrogens is 682 g/mol. The zero-order valence-corrected chi connectivity index (χ0v) is 29.6. The number of rotatable bonds is 6. The van der Waals surface area contributed by atoms with Crippen molar-refractivity contribution in [3.8, 4) is 0 Å². The molecule has 45 heavy (non-hydrogen) atoms. The Bertz CT molecular complexity index is 2160. The van der Waals surface area contributed by atoms with Crippen LogP contribution in [0.4, 0.5) is 37.3 Å². The molecule has 13 nitrogen and oxygen atoms in total. The molecule has 1 aliphatic carbocycles. The molecule has 4 N–H and O–H groups in total. The second-order valence-electron chi connectivity index (χ2n) is 9.04. The van der Waals surface area contributed by atoms with E-state index in [2.05, 4.69) is 20.6 Å². The summed E-state index contributed by atoms with van der Waals surface area (Å²) in [6, 6.07) is 7.85. The fourth-order valence-electron chi connectivity index (χ4n) is 4.44. The fourth-order valence-corrected chi connectivity index (χ4v) is 5.73. The summed E-state index contributed by atoms with van der Waals surface area (Å²) in [5, 5.41) is 4.23. The van der Waals surface area contributed by atoms with Gasteiger partial charge in [0.2, 0.25) is 5.95 Å². The Balaban J connectivity index is 0.00000276. The Morgan fingerprint density at radius 1 is 0.822 bits per heavy atom. The van der Waals surface area contributed by atoms with Crippen LogP contribution in [0, 0.1) is 18.9 Å². The van der Waals surface area contributed by atoms with Crippen molar-refractivity contribution in [3.05, 3.63) is 87.3 Å². The molecule has 222 valence electrons. The summed E-state index contributed by atoms with van der Waals surface area (Å²) in [6.45, 7) is 1.32. The molecule has 0 unspecified atom stereocenters. The summed E-state index contributed by atoms with van der Waals surface area (Å²) in [6.07, 6.45) is -1.53. The van der Waals surface area contributed by atoms with Gasteiger partial charge in [-0.1, -0.05) is 35.9 Å². The van der Waals surface area contributed by atoms with Crippen LogP contribution >= 0.6 is 11.6 Å². The number of nitrogens with two attached hydrogens (primary N) is 1. The van der Waals surface area contributed by atoms with Crippen LogP contribution in [0.5, 0.6) is 0 Å². The molecule has 1 aromatic heterocycles. The number of carbonyl (C=O) groups is 2. The molecule has 0 atom stereocenters. The van der Waals surface area contributed by atoms with Gasteiger partial charge in [-0.15, -0.1) is 0 Å². The molecule has 1 aliphatic rings. The first-order valence-electron chi connectivity index (χ1n) is 11.6. The van der Waals surface area contributed by atoms with Gasteiger partial charge in [0.05, 0.1) is 32.3 Å². The van der Waals surface area contributed by atoms with Crippen LogP contribution in [-0.4, -0.2) is 47.5 Å². The Labute approximate surface area is 303 Å². The summed E-state index contributed by atoms with van der Waals surface area (Å²) in [7, 11) is -10.6. The number of nitrogens with zero attached hydrogens (tertiary/aromatic N) is 2. The minimum atomic E-state index is -5.34. The Kier molecular flexibility index (Phi) is 10.9. The minimum Gasteiger partial charge on any atom is -0.744 e. The Morgan fingerprint density at radius 2 is 1.36 bits per heavy atom. The van der Waals surface area contributed by atoms with E-state index in [0.29, 0.717) is 6.07 Å². The molecule has 0 saturated carbocycles. The third-order valence-electron chi connectivity index (χ3n) is 6.45. The van der Waals surface area contributed by atoms with E-state index in [-0.39, 0.29) is 87.2 Å². The van der Waals surface area contributed by atoms with Gasteiger partial charge in [0, 0.05) is 22.5 Å². The molecule has 3 aromatic carbocycles. The van der Waals surface area contributed by atoms with Gasteiger partial charge in [0.15, 0.2) is 17.4 Å². The summed E-state index contributed by atoms with van der Waals surface area (Å²) < 4.78 is 99.9. The van der Waals surface area contributed by atoms with Crippen molar-refractivity contribution in [2.24, 2.45) is 0 Å². The molecule has 5 rings (SSSR count). The quantitative estimate of drug-likeness (QED) is 0.0545. The van der Waals surface area contributed by atoms with Gasteiger partial charge in [-0.3, -0.25) is 9.59 Å². The number of halogens is 3.